The lowest BCUT2D eigenvalue weighted by atomic mass is 10.2. The molecule has 2 rings (SSSR count). The molecule has 2 aromatic rings. The predicted octanol–water partition coefficient (Wildman–Crippen LogP) is 0.775. The summed E-state index contributed by atoms with van der Waals surface area (Å²) in [4.78, 5) is 13.4. The van der Waals surface area contributed by atoms with Crippen molar-refractivity contribution in [1.29, 1.82) is 5.26 Å². The molecule has 1 aromatic heterocycles. The fraction of sp³-hybridized carbons (Fsp3) is 0. The maximum absolute atomic E-state index is 11.9. The average molecular weight is 291 g/mol. The molecule has 1 heterocycles. The molecule has 0 atom stereocenters. The number of hydrogen-bond acceptors (Lipinski definition) is 5. The molecule has 102 valence electrons. The van der Waals surface area contributed by atoms with Crippen molar-refractivity contribution in [2.75, 3.05) is 0 Å². The molecule has 0 saturated heterocycles. The zero-order chi connectivity index (χ0) is 14.6. The first-order chi connectivity index (χ1) is 9.53. The Kier molecular flexibility index (Phi) is 3.84. The molecule has 20 heavy (non-hydrogen) atoms. The zero-order valence-electron chi connectivity index (χ0n) is 10.0. The van der Waals surface area contributed by atoms with E-state index in [1.54, 1.807) is 0 Å². The fourth-order valence-corrected chi connectivity index (χ4v) is 2.19. The van der Waals surface area contributed by atoms with Gasteiger partial charge in [-0.1, -0.05) is 0 Å². The molecule has 0 saturated carbocycles. The second-order valence-corrected chi connectivity index (χ2v) is 5.36. The van der Waals surface area contributed by atoms with E-state index in [0.29, 0.717) is 5.56 Å². The molecule has 8 heteroatoms. The standard InChI is InChI=1S/C12H9N3O4S/c13-8-9-3-5-10(6-4-9)20(17,18)15-14-12(16)11-2-1-7-19-11/h1-7,15H,(H,14,16). The largest absolute Gasteiger partial charge is 0.459 e. The normalized spacial score (nSPS) is 10.8. The number of hydrazine groups is 1. The molecule has 0 spiro atoms. The van der Waals surface area contributed by atoms with Gasteiger partial charge < -0.3 is 4.42 Å². The number of sulfonamides is 1. The second kappa shape index (κ2) is 5.56. The van der Waals surface area contributed by atoms with E-state index in [-0.39, 0.29) is 10.7 Å². The molecule has 0 radical (unpaired) electrons. The summed E-state index contributed by atoms with van der Waals surface area (Å²) in [6.07, 6.45) is 1.30. The van der Waals surface area contributed by atoms with E-state index in [0.717, 1.165) is 0 Å². The van der Waals surface area contributed by atoms with Crippen LogP contribution in [0.4, 0.5) is 0 Å². The molecule has 0 bridgehead atoms. The third-order valence-corrected chi connectivity index (χ3v) is 3.60. The highest BCUT2D eigenvalue weighted by molar-refractivity contribution is 7.89. The summed E-state index contributed by atoms with van der Waals surface area (Å²) in [5.74, 6) is -0.736. The lowest BCUT2D eigenvalue weighted by molar-refractivity contribution is 0.0917. The van der Waals surface area contributed by atoms with Gasteiger partial charge in [-0.3, -0.25) is 10.2 Å². The number of carbonyl (C=O) groups excluding carboxylic acids is 1. The summed E-state index contributed by atoms with van der Waals surface area (Å²) in [7, 11) is -3.90. The quantitative estimate of drug-likeness (QED) is 0.808. The molecule has 7 nitrogen and oxygen atoms in total. The molecule has 0 aliphatic carbocycles. The van der Waals surface area contributed by atoms with Gasteiger partial charge in [0.05, 0.1) is 22.8 Å². The number of carbonyl (C=O) groups is 1. The van der Waals surface area contributed by atoms with Crippen molar-refractivity contribution in [3.63, 3.8) is 0 Å². The molecule has 2 N–H and O–H groups in total. The number of rotatable bonds is 4. The van der Waals surface area contributed by atoms with Crippen molar-refractivity contribution in [3.8, 4) is 6.07 Å². The molecule has 1 aromatic carbocycles. The van der Waals surface area contributed by atoms with E-state index in [9.17, 15) is 13.2 Å². The van der Waals surface area contributed by atoms with Gasteiger partial charge in [0, 0.05) is 0 Å². The van der Waals surface area contributed by atoms with Crippen molar-refractivity contribution in [2.24, 2.45) is 0 Å². The van der Waals surface area contributed by atoms with Gasteiger partial charge in [0.25, 0.3) is 10.0 Å². The van der Waals surface area contributed by atoms with Crippen LogP contribution in [0.15, 0.2) is 52.0 Å². The van der Waals surface area contributed by atoms with Crippen molar-refractivity contribution in [2.45, 2.75) is 4.90 Å². The third-order valence-electron chi connectivity index (χ3n) is 2.34. The van der Waals surface area contributed by atoms with Gasteiger partial charge >= 0.3 is 5.91 Å². The third kappa shape index (κ3) is 3.03. The Morgan fingerprint density at radius 2 is 1.90 bits per heavy atom. The van der Waals surface area contributed by atoms with Crippen molar-refractivity contribution in [3.05, 3.63) is 54.0 Å². The van der Waals surface area contributed by atoms with Gasteiger partial charge in [0.15, 0.2) is 5.76 Å². The van der Waals surface area contributed by atoms with Crippen LogP contribution < -0.4 is 10.3 Å². The van der Waals surface area contributed by atoms with Gasteiger partial charge in [-0.05, 0) is 36.4 Å². The minimum absolute atomic E-state index is 0.0208. The van der Waals surface area contributed by atoms with E-state index in [1.165, 1.54) is 42.7 Å². The summed E-state index contributed by atoms with van der Waals surface area (Å²) in [6, 6.07) is 10.0. The molecular weight excluding hydrogens is 282 g/mol. The highest BCUT2D eigenvalue weighted by atomic mass is 32.2. The van der Waals surface area contributed by atoms with E-state index >= 15 is 0 Å². The van der Waals surface area contributed by atoms with Crippen LogP contribution in [0, 0.1) is 11.3 Å². The summed E-state index contributed by atoms with van der Waals surface area (Å²) in [5, 5.41) is 8.63. The first kappa shape index (κ1) is 13.8. The van der Waals surface area contributed by atoms with Gasteiger partial charge in [0.1, 0.15) is 0 Å². The van der Waals surface area contributed by atoms with Crippen LogP contribution in [0.2, 0.25) is 0 Å². The van der Waals surface area contributed by atoms with Crippen LogP contribution in [-0.2, 0) is 10.0 Å². The van der Waals surface area contributed by atoms with Crippen LogP contribution in [0.3, 0.4) is 0 Å². The second-order valence-electron chi connectivity index (χ2n) is 3.67. The van der Waals surface area contributed by atoms with E-state index < -0.39 is 15.9 Å². The van der Waals surface area contributed by atoms with Gasteiger partial charge in [-0.15, -0.1) is 4.83 Å². The maximum atomic E-state index is 11.9. The molecule has 0 aliphatic rings. The van der Waals surface area contributed by atoms with E-state index in [4.69, 9.17) is 9.68 Å². The Hall–Kier alpha value is -2.63. The number of hydrogen-bond donors (Lipinski definition) is 2. The summed E-state index contributed by atoms with van der Waals surface area (Å²) < 4.78 is 28.5. The summed E-state index contributed by atoms with van der Waals surface area (Å²) in [5.41, 5.74) is 2.35. The predicted molar refractivity (Wildman–Crippen MR) is 67.7 cm³/mol. The molecule has 0 fully saturated rings. The van der Waals surface area contributed by atoms with Crippen LogP contribution in [-0.4, -0.2) is 14.3 Å². The van der Waals surface area contributed by atoms with Crippen LogP contribution in [0.1, 0.15) is 16.1 Å². The highest BCUT2D eigenvalue weighted by Crippen LogP contribution is 2.09. The number of nitrogens with zero attached hydrogens (tertiary/aromatic N) is 1. The summed E-state index contributed by atoms with van der Waals surface area (Å²) in [6.45, 7) is 0. The Morgan fingerprint density at radius 3 is 2.45 bits per heavy atom. The number of furan rings is 1. The topological polar surface area (TPSA) is 112 Å². The fourth-order valence-electron chi connectivity index (χ4n) is 1.35. The maximum Gasteiger partial charge on any atom is 0.301 e. The molecule has 0 aliphatic heterocycles. The molecule has 1 amide bonds. The Morgan fingerprint density at radius 1 is 1.20 bits per heavy atom. The average Bonchev–Trinajstić information content (AvgIpc) is 2.99. The summed E-state index contributed by atoms with van der Waals surface area (Å²) >= 11 is 0. The number of benzene rings is 1. The Balaban J connectivity index is 2.07. The SMILES string of the molecule is N#Cc1ccc(S(=O)(=O)NNC(=O)c2ccco2)cc1. The number of nitrogens with one attached hydrogen (secondary N) is 2. The number of amides is 1. The smallest absolute Gasteiger partial charge is 0.301 e. The van der Waals surface area contributed by atoms with Crippen LogP contribution in [0.5, 0.6) is 0 Å². The van der Waals surface area contributed by atoms with Gasteiger partial charge in [-0.2, -0.15) is 5.26 Å². The lowest BCUT2D eigenvalue weighted by Crippen LogP contribution is -2.41. The number of nitriles is 1. The molecule has 0 unspecified atom stereocenters. The van der Waals surface area contributed by atoms with Crippen molar-refractivity contribution < 1.29 is 17.6 Å². The minimum atomic E-state index is -3.90. The monoisotopic (exact) mass is 291 g/mol. The van der Waals surface area contributed by atoms with Crippen molar-refractivity contribution >= 4 is 15.9 Å². The Labute approximate surface area is 114 Å². The van der Waals surface area contributed by atoms with E-state index in [1.807, 2.05) is 16.3 Å². The van der Waals surface area contributed by atoms with Gasteiger partial charge in [0.2, 0.25) is 0 Å². The molecular formula is C12H9N3O4S. The lowest BCUT2D eigenvalue weighted by Gasteiger charge is -2.07. The van der Waals surface area contributed by atoms with Gasteiger partial charge in [-0.25, -0.2) is 8.42 Å². The van der Waals surface area contributed by atoms with E-state index in [2.05, 4.69) is 0 Å². The zero-order valence-corrected chi connectivity index (χ0v) is 10.8. The van der Waals surface area contributed by atoms with Crippen LogP contribution >= 0.6 is 0 Å². The first-order valence-corrected chi connectivity index (χ1v) is 6.87. The minimum Gasteiger partial charge on any atom is -0.459 e. The highest BCUT2D eigenvalue weighted by Gasteiger charge is 2.16. The van der Waals surface area contributed by atoms with Crippen molar-refractivity contribution in [1.82, 2.24) is 10.3 Å². The Bertz CT molecular complexity index is 743. The first-order valence-electron chi connectivity index (χ1n) is 5.39. The van der Waals surface area contributed by atoms with Crippen LogP contribution in [0.25, 0.3) is 0 Å².